The smallest absolute Gasteiger partial charge is 0.474 e. The fourth-order valence-corrected chi connectivity index (χ4v) is 2.94. The first-order chi connectivity index (χ1) is 14.2. The minimum Gasteiger partial charge on any atom is -0.474 e. The van der Waals surface area contributed by atoms with Crippen molar-refractivity contribution in [1.29, 1.82) is 0 Å². The highest BCUT2D eigenvalue weighted by atomic mass is 35.5. The molecule has 1 aliphatic heterocycles. The van der Waals surface area contributed by atoms with E-state index in [1.807, 2.05) is 13.0 Å². The third kappa shape index (κ3) is 6.70. The van der Waals surface area contributed by atoms with Gasteiger partial charge in [-0.05, 0) is 39.3 Å². The van der Waals surface area contributed by atoms with Gasteiger partial charge in [0, 0.05) is 32.0 Å². The number of hydrogen-bond donors (Lipinski definition) is 1. The molecule has 30 heavy (non-hydrogen) atoms. The molecule has 0 amide bonds. The second-order valence-electron chi connectivity index (χ2n) is 8.00. The van der Waals surface area contributed by atoms with E-state index >= 15 is 0 Å². The van der Waals surface area contributed by atoms with Crippen molar-refractivity contribution in [3.63, 3.8) is 0 Å². The van der Waals surface area contributed by atoms with E-state index in [2.05, 4.69) is 20.3 Å². The second-order valence-corrected chi connectivity index (χ2v) is 8.36. The van der Waals surface area contributed by atoms with Crippen LogP contribution in [0.4, 0.5) is 16.3 Å². The van der Waals surface area contributed by atoms with Crippen LogP contribution in [0.15, 0.2) is 24.7 Å². The summed E-state index contributed by atoms with van der Waals surface area (Å²) in [5, 5.41) is 5.23. The number of ether oxygens (including phenoxy) is 2. The number of nitrogens with zero attached hydrogens (tertiary/aromatic N) is 4. The number of hydrogen-bond acceptors (Lipinski definition) is 9. The lowest BCUT2D eigenvalue weighted by molar-refractivity contribution is -0.159. The summed E-state index contributed by atoms with van der Waals surface area (Å²) in [7, 11) is 0. The Morgan fingerprint density at radius 1 is 1.20 bits per heavy atom. The Kier molecular flexibility index (Phi) is 6.94. The van der Waals surface area contributed by atoms with Crippen LogP contribution in [0.25, 0.3) is 0 Å². The monoisotopic (exact) mass is 435 g/mol. The van der Waals surface area contributed by atoms with Crippen LogP contribution in [0.3, 0.4) is 0 Å². The van der Waals surface area contributed by atoms with Gasteiger partial charge in [0.25, 0.3) is 0 Å². The van der Waals surface area contributed by atoms with Crippen molar-refractivity contribution >= 4 is 29.3 Å². The van der Waals surface area contributed by atoms with Gasteiger partial charge in [0.05, 0.1) is 11.9 Å². The average Bonchev–Trinajstić information content (AvgIpc) is 2.65. The molecule has 1 fully saturated rings. The first-order valence-electron chi connectivity index (χ1n) is 9.72. The van der Waals surface area contributed by atoms with Crippen LogP contribution in [-0.4, -0.2) is 51.0 Å². The second kappa shape index (κ2) is 9.44. The minimum absolute atomic E-state index is 0.0364. The molecule has 2 aromatic rings. The summed E-state index contributed by atoms with van der Waals surface area (Å²) in [5.41, 5.74) is 1.06. The van der Waals surface area contributed by atoms with Gasteiger partial charge in [-0.15, -0.1) is 5.06 Å². The van der Waals surface area contributed by atoms with Crippen molar-refractivity contribution in [2.24, 2.45) is 0 Å². The summed E-state index contributed by atoms with van der Waals surface area (Å²) in [6.07, 6.45) is 3.73. The van der Waals surface area contributed by atoms with Crippen LogP contribution in [-0.2, 0) is 9.57 Å². The molecule has 0 aliphatic carbocycles. The normalized spacial score (nSPS) is 15.5. The number of halogens is 1. The van der Waals surface area contributed by atoms with Crippen LogP contribution in [0, 0.1) is 6.92 Å². The highest BCUT2D eigenvalue weighted by Gasteiger charge is 2.26. The summed E-state index contributed by atoms with van der Waals surface area (Å²) in [6, 6.07) is 3.62. The number of piperidine rings is 1. The molecule has 0 unspecified atom stereocenters. The number of aromatic nitrogens is 3. The van der Waals surface area contributed by atoms with E-state index in [1.54, 1.807) is 38.1 Å². The van der Waals surface area contributed by atoms with Gasteiger partial charge < -0.3 is 19.6 Å². The minimum atomic E-state index is -0.694. The van der Waals surface area contributed by atoms with Gasteiger partial charge >= 0.3 is 6.16 Å². The van der Waals surface area contributed by atoms with Gasteiger partial charge in [-0.3, -0.25) is 0 Å². The van der Waals surface area contributed by atoms with Crippen molar-refractivity contribution in [3.8, 4) is 5.88 Å². The highest BCUT2D eigenvalue weighted by Crippen LogP contribution is 2.23. The molecular weight excluding hydrogens is 410 g/mol. The van der Waals surface area contributed by atoms with Gasteiger partial charge in [-0.1, -0.05) is 11.6 Å². The topological polar surface area (TPSA) is 98.7 Å². The van der Waals surface area contributed by atoms with Gasteiger partial charge in [-0.2, -0.15) is 0 Å². The third-order valence-corrected chi connectivity index (χ3v) is 4.61. The summed E-state index contributed by atoms with van der Waals surface area (Å²) in [5.74, 6) is 1.06. The number of carbonyl (C=O) groups excluding carboxylic acids is 1. The SMILES string of the molecule is Cc1cc(Nc2cc(OC3CCN(OC(=O)OC(C)(C)C)CC3)ncn2)cnc1Cl. The molecule has 1 saturated heterocycles. The fraction of sp³-hybridized carbons (Fsp3) is 0.500. The Morgan fingerprint density at radius 3 is 2.60 bits per heavy atom. The number of pyridine rings is 1. The number of hydroxylamine groups is 2. The molecule has 1 N–H and O–H groups in total. The largest absolute Gasteiger partial charge is 0.528 e. The summed E-state index contributed by atoms with van der Waals surface area (Å²) >= 11 is 5.96. The van der Waals surface area contributed by atoms with E-state index in [4.69, 9.17) is 25.9 Å². The van der Waals surface area contributed by atoms with Crippen LogP contribution in [0.1, 0.15) is 39.2 Å². The quantitative estimate of drug-likeness (QED) is 0.544. The van der Waals surface area contributed by atoms with Crippen LogP contribution < -0.4 is 10.1 Å². The van der Waals surface area contributed by atoms with E-state index in [9.17, 15) is 4.79 Å². The van der Waals surface area contributed by atoms with Crippen LogP contribution >= 0.6 is 11.6 Å². The Labute approximate surface area is 180 Å². The van der Waals surface area contributed by atoms with Crippen molar-refractivity contribution in [2.75, 3.05) is 18.4 Å². The summed E-state index contributed by atoms with van der Waals surface area (Å²) < 4.78 is 11.2. The van der Waals surface area contributed by atoms with Gasteiger partial charge in [-0.25, -0.2) is 19.7 Å². The molecule has 162 valence electrons. The van der Waals surface area contributed by atoms with Crippen LogP contribution in [0.2, 0.25) is 5.15 Å². The van der Waals surface area contributed by atoms with Crippen molar-refractivity contribution < 1.29 is 19.1 Å². The van der Waals surface area contributed by atoms with Gasteiger partial charge in [0.1, 0.15) is 29.0 Å². The first kappa shape index (κ1) is 22.0. The Bertz CT molecular complexity index is 882. The van der Waals surface area contributed by atoms with E-state index in [0.717, 1.165) is 11.3 Å². The van der Waals surface area contributed by atoms with E-state index in [-0.39, 0.29) is 6.10 Å². The molecule has 0 bridgehead atoms. The van der Waals surface area contributed by atoms with Crippen LogP contribution in [0.5, 0.6) is 5.88 Å². The number of anilines is 2. The lowest BCUT2D eigenvalue weighted by Gasteiger charge is -2.30. The number of aryl methyl sites for hydroxylation is 1. The molecule has 3 heterocycles. The number of rotatable bonds is 5. The molecule has 3 rings (SSSR count). The number of nitrogens with one attached hydrogen (secondary N) is 1. The maximum atomic E-state index is 11.8. The van der Waals surface area contributed by atoms with Crippen molar-refractivity contribution in [3.05, 3.63) is 35.4 Å². The maximum absolute atomic E-state index is 11.8. The molecule has 2 aromatic heterocycles. The lowest BCUT2D eigenvalue weighted by atomic mass is 10.1. The third-order valence-electron chi connectivity index (χ3n) is 4.21. The van der Waals surface area contributed by atoms with E-state index in [1.165, 1.54) is 6.33 Å². The molecular formula is C20H26ClN5O4. The molecule has 0 radical (unpaired) electrons. The zero-order valence-electron chi connectivity index (χ0n) is 17.5. The average molecular weight is 436 g/mol. The highest BCUT2D eigenvalue weighted by molar-refractivity contribution is 6.30. The zero-order valence-corrected chi connectivity index (χ0v) is 18.3. The predicted molar refractivity (Wildman–Crippen MR) is 112 cm³/mol. The molecule has 1 aliphatic rings. The molecule has 0 spiro atoms. The van der Waals surface area contributed by atoms with Gasteiger partial charge in [0.2, 0.25) is 5.88 Å². The van der Waals surface area contributed by atoms with E-state index in [0.29, 0.717) is 42.8 Å². The lowest BCUT2D eigenvalue weighted by Crippen LogP contribution is -2.40. The fourth-order valence-electron chi connectivity index (χ4n) is 2.83. The van der Waals surface area contributed by atoms with Crippen molar-refractivity contribution in [1.82, 2.24) is 20.0 Å². The van der Waals surface area contributed by atoms with Gasteiger partial charge in [0.15, 0.2) is 0 Å². The molecule has 0 atom stereocenters. The molecule has 9 nitrogen and oxygen atoms in total. The first-order valence-corrected chi connectivity index (χ1v) is 10.1. The molecule has 10 heteroatoms. The Hall–Kier alpha value is -2.65. The zero-order chi connectivity index (χ0) is 21.7. The molecule has 0 aromatic carbocycles. The van der Waals surface area contributed by atoms with E-state index < -0.39 is 11.8 Å². The summed E-state index contributed by atoms with van der Waals surface area (Å²) in [4.78, 5) is 29.5. The summed E-state index contributed by atoms with van der Waals surface area (Å²) in [6.45, 7) is 8.37. The Balaban J connectivity index is 1.50. The standard InChI is InChI=1S/C20H26ClN5O4/c1-13-9-14(11-22-18(13)21)25-16-10-17(24-12-23-16)28-15-5-7-26(8-6-15)30-19(27)29-20(2,3)4/h9-12,15H,5-8H2,1-4H3,(H,23,24,25). The predicted octanol–water partition coefficient (Wildman–Crippen LogP) is 4.29. The molecule has 0 saturated carbocycles. The Morgan fingerprint density at radius 2 is 1.93 bits per heavy atom. The number of carbonyl (C=O) groups is 1. The maximum Gasteiger partial charge on any atom is 0.528 e. The van der Waals surface area contributed by atoms with Crippen molar-refractivity contribution in [2.45, 2.75) is 52.2 Å².